The second-order valence-corrected chi connectivity index (χ2v) is 7.08. The monoisotopic (exact) mass is 392 g/mol. The van der Waals surface area contributed by atoms with E-state index >= 15 is 0 Å². The maximum Gasteiger partial charge on any atom is 0.228 e. The minimum absolute atomic E-state index is 0.0395. The Labute approximate surface area is 168 Å². The highest BCUT2D eigenvalue weighted by atomic mass is 16.5. The van der Waals surface area contributed by atoms with E-state index in [1.165, 1.54) is 6.20 Å². The van der Waals surface area contributed by atoms with Crippen LogP contribution in [-0.2, 0) is 9.59 Å². The zero-order valence-corrected chi connectivity index (χ0v) is 15.9. The predicted molar refractivity (Wildman–Crippen MR) is 103 cm³/mol. The maximum absolute atomic E-state index is 12.8. The third kappa shape index (κ3) is 3.85. The molecule has 2 saturated heterocycles. The van der Waals surface area contributed by atoms with Crippen molar-refractivity contribution in [2.45, 2.75) is 12.5 Å². The van der Waals surface area contributed by atoms with Gasteiger partial charge in [0.05, 0.1) is 37.7 Å². The van der Waals surface area contributed by atoms with E-state index in [-0.39, 0.29) is 30.3 Å². The summed E-state index contributed by atoms with van der Waals surface area (Å²) < 4.78 is 10.9. The Bertz CT molecular complexity index is 981. The van der Waals surface area contributed by atoms with E-state index in [9.17, 15) is 9.59 Å². The maximum atomic E-state index is 12.8. The van der Waals surface area contributed by atoms with Crippen molar-refractivity contribution in [2.75, 3.05) is 31.6 Å². The number of benzene rings is 1. The minimum Gasteiger partial charge on any atom is -0.497 e. The quantitative estimate of drug-likeness (QED) is 0.767. The van der Waals surface area contributed by atoms with E-state index in [0.29, 0.717) is 36.8 Å². The number of likely N-dealkylation sites (tertiary alicyclic amines) is 1. The number of rotatable bonds is 5. The third-order valence-electron chi connectivity index (χ3n) is 5.15. The first-order valence-electron chi connectivity index (χ1n) is 9.33. The van der Waals surface area contributed by atoms with E-state index in [1.54, 1.807) is 35.1 Å². The van der Waals surface area contributed by atoms with Crippen LogP contribution >= 0.6 is 0 Å². The van der Waals surface area contributed by atoms with Crippen LogP contribution in [0.2, 0.25) is 0 Å². The Morgan fingerprint density at radius 2 is 2.07 bits per heavy atom. The first kappa shape index (κ1) is 18.7. The number of nitriles is 1. The topological polar surface area (TPSA) is 95.8 Å². The first-order chi connectivity index (χ1) is 14.1. The van der Waals surface area contributed by atoms with Crippen molar-refractivity contribution in [3.63, 3.8) is 0 Å². The van der Waals surface area contributed by atoms with Crippen LogP contribution in [-0.4, -0.2) is 54.5 Å². The van der Waals surface area contributed by atoms with Gasteiger partial charge in [0, 0.05) is 37.0 Å². The predicted octanol–water partition coefficient (Wildman–Crippen LogP) is 1.60. The van der Waals surface area contributed by atoms with Gasteiger partial charge in [0.2, 0.25) is 17.7 Å². The van der Waals surface area contributed by atoms with Crippen LogP contribution < -0.4 is 14.4 Å². The Morgan fingerprint density at radius 3 is 2.83 bits per heavy atom. The van der Waals surface area contributed by atoms with Gasteiger partial charge >= 0.3 is 0 Å². The number of anilines is 1. The first-order valence-corrected chi connectivity index (χ1v) is 9.33. The largest absolute Gasteiger partial charge is 0.497 e. The minimum atomic E-state index is -0.366. The van der Waals surface area contributed by atoms with Crippen LogP contribution in [0.3, 0.4) is 0 Å². The lowest BCUT2D eigenvalue weighted by molar-refractivity contribution is -0.144. The Morgan fingerprint density at radius 1 is 1.24 bits per heavy atom. The van der Waals surface area contributed by atoms with Gasteiger partial charge in [-0.05, 0) is 18.2 Å². The number of carbonyl (C=O) groups excluding carboxylic acids is 2. The highest BCUT2D eigenvalue weighted by Gasteiger charge is 2.41. The van der Waals surface area contributed by atoms with Crippen LogP contribution in [0.1, 0.15) is 12.0 Å². The van der Waals surface area contributed by atoms with Crippen LogP contribution in [0.5, 0.6) is 11.6 Å². The summed E-state index contributed by atoms with van der Waals surface area (Å²) in [6.07, 6.45) is 1.56. The normalized spacial score (nSPS) is 18.9. The summed E-state index contributed by atoms with van der Waals surface area (Å²) in [5.41, 5.74) is 1.21. The number of pyridine rings is 1. The average molecular weight is 392 g/mol. The molecule has 0 saturated carbocycles. The van der Waals surface area contributed by atoms with E-state index < -0.39 is 0 Å². The standard InChI is InChI=1S/C21H20N4O4/c1-28-17-4-2-3-16(9-17)25-11-15(8-20(25)26)21(27)24-12-18(13-24)29-19-7-14(10-22)5-6-23-19/h2-7,9,15,18H,8,11-13H2,1H3. The molecule has 0 radical (unpaired) electrons. The Balaban J connectivity index is 1.33. The van der Waals surface area contributed by atoms with E-state index in [2.05, 4.69) is 4.98 Å². The average Bonchev–Trinajstić information content (AvgIpc) is 3.12. The molecule has 4 rings (SSSR count). The second kappa shape index (κ2) is 7.80. The van der Waals surface area contributed by atoms with E-state index in [1.807, 2.05) is 24.3 Å². The van der Waals surface area contributed by atoms with Crippen molar-refractivity contribution in [1.82, 2.24) is 9.88 Å². The smallest absolute Gasteiger partial charge is 0.228 e. The molecule has 0 bridgehead atoms. The van der Waals surface area contributed by atoms with Crippen LogP contribution in [0.15, 0.2) is 42.6 Å². The summed E-state index contributed by atoms with van der Waals surface area (Å²) in [6, 6.07) is 12.5. The lowest BCUT2D eigenvalue weighted by atomic mass is 10.0. The van der Waals surface area contributed by atoms with Crippen molar-refractivity contribution >= 4 is 17.5 Å². The summed E-state index contributed by atoms with van der Waals surface area (Å²) >= 11 is 0. The van der Waals surface area contributed by atoms with Gasteiger partial charge in [-0.2, -0.15) is 5.26 Å². The molecular weight excluding hydrogens is 372 g/mol. The van der Waals surface area contributed by atoms with Gasteiger partial charge in [0.1, 0.15) is 11.9 Å². The van der Waals surface area contributed by atoms with Crippen molar-refractivity contribution < 1.29 is 19.1 Å². The number of hydrogen-bond acceptors (Lipinski definition) is 6. The summed E-state index contributed by atoms with van der Waals surface area (Å²) in [6.45, 7) is 1.25. The molecule has 148 valence electrons. The molecule has 0 aliphatic carbocycles. The number of nitrogens with zero attached hydrogens (tertiary/aromatic N) is 4. The summed E-state index contributed by atoms with van der Waals surface area (Å²) in [7, 11) is 1.58. The molecule has 3 heterocycles. The molecule has 0 spiro atoms. The van der Waals surface area contributed by atoms with Gasteiger partial charge in [-0.3, -0.25) is 9.59 Å². The van der Waals surface area contributed by atoms with Gasteiger partial charge in [0.25, 0.3) is 0 Å². The molecular formula is C21H20N4O4. The number of ether oxygens (including phenoxy) is 2. The summed E-state index contributed by atoms with van der Waals surface area (Å²) in [5, 5.41) is 8.93. The molecule has 1 atom stereocenters. The Kier molecular flexibility index (Phi) is 5.04. The van der Waals surface area contributed by atoms with E-state index in [0.717, 1.165) is 5.69 Å². The van der Waals surface area contributed by atoms with Crippen LogP contribution in [0.4, 0.5) is 5.69 Å². The molecule has 2 amide bonds. The van der Waals surface area contributed by atoms with E-state index in [4.69, 9.17) is 14.7 Å². The summed E-state index contributed by atoms with van der Waals surface area (Å²) in [5.74, 6) is 0.572. The molecule has 1 unspecified atom stereocenters. The highest BCUT2D eigenvalue weighted by molar-refractivity contribution is 6.00. The van der Waals surface area contributed by atoms with Gasteiger partial charge < -0.3 is 19.3 Å². The fourth-order valence-corrected chi connectivity index (χ4v) is 3.57. The lowest BCUT2D eigenvalue weighted by Crippen LogP contribution is -2.57. The van der Waals surface area contributed by atoms with Gasteiger partial charge in [0.15, 0.2) is 0 Å². The molecule has 0 N–H and O–H groups in total. The second-order valence-electron chi connectivity index (χ2n) is 7.08. The molecule has 2 aromatic rings. The molecule has 2 aliphatic rings. The van der Waals surface area contributed by atoms with Crippen molar-refractivity contribution in [3.05, 3.63) is 48.2 Å². The van der Waals surface area contributed by atoms with Crippen LogP contribution in [0, 0.1) is 17.2 Å². The number of aromatic nitrogens is 1. The van der Waals surface area contributed by atoms with Crippen LogP contribution in [0.25, 0.3) is 0 Å². The number of hydrogen-bond donors (Lipinski definition) is 0. The van der Waals surface area contributed by atoms with Crippen molar-refractivity contribution in [2.24, 2.45) is 5.92 Å². The zero-order chi connectivity index (χ0) is 20.4. The molecule has 8 nitrogen and oxygen atoms in total. The fraction of sp³-hybridized carbons (Fsp3) is 0.333. The number of methoxy groups -OCH3 is 1. The summed E-state index contributed by atoms with van der Waals surface area (Å²) in [4.78, 5) is 32.6. The van der Waals surface area contributed by atoms with Gasteiger partial charge in [-0.1, -0.05) is 6.07 Å². The molecule has 1 aromatic carbocycles. The van der Waals surface area contributed by atoms with Crippen molar-refractivity contribution in [3.8, 4) is 17.7 Å². The van der Waals surface area contributed by atoms with Gasteiger partial charge in [-0.25, -0.2) is 4.98 Å². The van der Waals surface area contributed by atoms with Gasteiger partial charge in [-0.15, -0.1) is 0 Å². The Hall–Kier alpha value is -3.60. The molecule has 29 heavy (non-hydrogen) atoms. The molecule has 2 fully saturated rings. The zero-order valence-electron chi connectivity index (χ0n) is 15.9. The molecule has 8 heteroatoms. The number of amides is 2. The SMILES string of the molecule is COc1cccc(N2CC(C(=O)N3CC(Oc4cc(C#N)ccn4)C3)CC2=O)c1. The highest BCUT2D eigenvalue weighted by Crippen LogP contribution is 2.30. The molecule has 2 aliphatic heterocycles. The fourth-order valence-electron chi connectivity index (χ4n) is 3.57. The number of carbonyl (C=O) groups is 2. The third-order valence-corrected chi connectivity index (χ3v) is 5.15. The lowest BCUT2D eigenvalue weighted by Gasteiger charge is -2.39. The molecule has 1 aromatic heterocycles. The van der Waals surface area contributed by atoms with Crippen molar-refractivity contribution in [1.29, 1.82) is 5.26 Å².